The van der Waals surface area contributed by atoms with E-state index in [9.17, 15) is 14.4 Å². The molecule has 3 rings (SSSR count). The van der Waals surface area contributed by atoms with Crippen LogP contribution >= 0.6 is 0 Å². The smallest absolute Gasteiger partial charge is 0.298 e. The van der Waals surface area contributed by atoms with E-state index in [1.807, 2.05) is 34.1 Å². The molecular weight excluding hydrogens is 486 g/mol. The van der Waals surface area contributed by atoms with E-state index in [0.29, 0.717) is 29.7 Å². The van der Waals surface area contributed by atoms with E-state index < -0.39 is 0 Å². The molecule has 6 heteroatoms. The number of nitrogens with zero attached hydrogens (tertiary/aromatic N) is 2. The van der Waals surface area contributed by atoms with Gasteiger partial charge in [0.05, 0.1) is 0 Å². The summed E-state index contributed by atoms with van der Waals surface area (Å²) < 4.78 is 0. The van der Waals surface area contributed by atoms with Gasteiger partial charge in [-0.3, -0.25) is 14.4 Å². The van der Waals surface area contributed by atoms with E-state index in [1.165, 1.54) is 17.7 Å². The molecule has 2 fully saturated rings. The minimum Gasteiger partial charge on any atom is -0.339 e. The number of benzene rings is 1. The van der Waals surface area contributed by atoms with Crippen LogP contribution in [0.15, 0.2) is 49.6 Å². The summed E-state index contributed by atoms with van der Waals surface area (Å²) in [7, 11) is 0. The Kier molecular flexibility index (Phi) is 14.9. The number of carbonyl (C=O) groups excluding carboxylic acids is 3. The third-order valence-corrected chi connectivity index (χ3v) is 7.22. The number of hydrogen-bond donors (Lipinski definition) is 1. The fraction of sp³-hybridized carbons (Fsp3) is 0.545. The number of rotatable bonds is 6. The molecule has 1 aromatic carbocycles. The standard InChI is InChI=1S/C12H15NO.C11H17NO.C10H17NO/c1-4-12(14)13-11-7-5-6-10(8-11)9(2)3;1-4-6-11(13)12-8-5-7-10(12)9(2)3;1-4-10(12)11-6-5-9(7-11)8(2)3/h4-9H,1H2,2-3H3,(H,13,14);9-10H,5,7-8H2,1-3H3;4,8-9H,1,5-7H2,2-3H3. The maximum absolute atomic E-state index is 11.5. The zero-order valence-electron chi connectivity index (χ0n) is 25.1. The van der Waals surface area contributed by atoms with Crippen LogP contribution in [0.5, 0.6) is 0 Å². The molecule has 2 atom stereocenters. The van der Waals surface area contributed by atoms with Gasteiger partial charge in [-0.2, -0.15) is 0 Å². The van der Waals surface area contributed by atoms with Crippen molar-refractivity contribution in [2.75, 3.05) is 25.0 Å². The lowest BCUT2D eigenvalue weighted by Gasteiger charge is -2.25. The van der Waals surface area contributed by atoms with E-state index in [-0.39, 0.29) is 17.7 Å². The summed E-state index contributed by atoms with van der Waals surface area (Å²) in [5.41, 5.74) is 2.04. The van der Waals surface area contributed by atoms with E-state index in [0.717, 1.165) is 44.6 Å². The van der Waals surface area contributed by atoms with E-state index >= 15 is 0 Å². The second-order valence-corrected chi connectivity index (χ2v) is 11.1. The Hall–Kier alpha value is -3.33. The zero-order chi connectivity index (χ0) is 29.5. The van der Waals surface area contributed by atoms with Crippen molar-refractivity contribution in [3.8, 4) is 11.8 Å². The molecule has 2 unspecified atom stereocenters. The molecule has 0 spiro atoms. The van der Waals surface area contributed by atoms with Gasteiger partial charge in [-0.25, -0.2) is 0 Å². The molecule has 0 saturated carbocycles. The van der Waals surface area contributed by atoms with Gasteiger partial charge in [0.25, 0.3) is 5.91 Å². The lowest BCUT2D eigenvalue weighted by Crippen LogP contribution is -2.37. The highest BCUT2D eigenvalue weighted by atomic mass is 16.2. The summed E-state index contributed by atoms with van der Waals surface area (Å²) >= 11 is 0. The minimum absolute atomic E-state index is 0.00120. The van der Waals surface area contributed by atoms with E-state index in [1.54, 1.807) is 6.92 Å². The van der Waals surface area contributed by atoms with Crippen molar-refractivity contribution in [1.82, 2.24) is 9.80 Å². The molecule has 2 heterocycles. The maximum Gasteiger partial charge on any atom is 0.298 e. The summed E-state index contributed by atoms with van der Waals surface area (Å²) in [6.45, 7) is 24.3. The lowest BCUT2D eigenvalue weighted by molar-refractivity contribution is -0.126. The SMILES string of the molecule is C=CC(=O)N1CCC(C(C)C)C1.C=CC(=O)Nc1cccc(C(C)C)c1.CC#CC(=O)N1CCCC1C(C)C. The van der Waals surface area contributed by atoms with Crippen LogP contribution in [0.25, 0.3) is 0 Å². The summed E-state index contributed by atoms with van der Waals surface area (Å²) in [5.74, 6) is 7.57. The van der Waals surface area contributed by atoms with Crippen molar-refractivity contribution >= 4 is 23.4 Å². The molecule has 1 N–H and O–H groups in total. The second-order valence-electron chi connectivity index (χ2n) is 11.1. The van der Waals surface area contributed by atoms with Gasteiger partial charge in [-0.1, -0.05) is 72.8 Å². The van der Waals surface area contributed by atoms with Crippen molar-refractivity contribution in [2.24, 2.45) is 17.8 Å². The van der Waals surface area contributed by atoms with Crippen molar-refractivity contribution in [2.45, 2.75) is 79.7 Å². The Morgan fingerprint density at radius 2 is 1.69 bits per heavy atom. The molecule has 0 aromatic heterocycles. The molecule has 0 radical (unpaired) electrons. The minimum atomic E-state index is -0.175. The molecule has 2 aliphatic heterocycles. The van der Waals surface area contributed by atoms with Gasteiger partial charge in [-0.05, 0) is 85.6 Å². The Morgan fingerprint density at radius 3 is 2.21 bits per heavy atom. The van der Waals surface area contributed by atoms with Gasteiger partial charge < -0.3 is 15.1 Å². The topological polar surface area (TPSA) is 69.7 Å². The van der Waals surface area contributed by atoms with Gasteiger partial charge in [-0.15, -0.1) is 0 Å². The van der Waals surface area contributed by atoms with Crippen LogP contribution in [-0.4, -0.2) is 53.2 Å². The van der Waals surface area contributed by atoms with Crippen LogP contribution in [0.1, 0.15) is 79.2 Å². The largest absolute Gasteiger partial charge is 0.339 e. The average Bonchev–Trinajstić information content (AvgIpc) is 3.60. The molecule has 6 nitrogen and oxygen atoms in total. The molecule has 214 valence electrons. The van der Waals surface area contributed by atoms with Crippen LogP contribution < -0.4 is 5.32 Å². The zero-order valence-corrected chi connectivity index (χ0v) is 25.1. The van der Waals surface area contributed by atoms with Crippen molar-refractivity contribution in [3.63, 3.8) is 0 Å². The Morgan fingerprint density at radius 1 is 1.00 bits per heavy atom. The van der Waals surface area contributed by atoms with Crippen molar-refractivity contribution in [1.29, 1.82) is 0 Å². The maximum atomic E-state index is 11.5. The first-order chi connectivity index (χ1) is 18.4. The number of nitrogens with one attached hydrogen (secondary N) is 1. The van der Waals surface area contributed by atoms with Crippen molar-refractivity contribution < 1.29 is 14.4 Å². The normalized spacial score (nSPS) is 17.9. The van der Waals surface area contributed by atoms with Gasteiger partial charge in [0, 0.05) is 31.4 Å². The number of carbonyl (C=O) groups is 3. The van der Waals surface area contributed by atoms with Gasteiger partial charge >= 0.3 is 0 Å². The first kappa shape index (κ1) is 33.7. The second kappa shape index (κ2) is 17.3. The third kappa shape index (κ3) is 11.5. The highest BCUT2D eigenvalue weighted by molar-refractivity contribution is 5.98. The van der Waals surface area contributed by atoms with E-state index in [4.69, 9.17) is 0 Å². The predicted molar refractivity (Wildman–Crippen MR) is 162 cm³/mol. The first-order valence-corrected chi connectivity index (χ1v) is 14.1. The van der Waals surface area contributed by atoms with Crippen LogP contribution in [0.2, 0.25) is 0 Å². The molecular formula is C33H49N3O3. The van der Waals surface area contributed by atoms with Crippen LogP contribution in [0.3, 0.4) is 0 Å². The van der Waals surface area contributed by atoms with Gasteiger partial charge in [0.2, 0.25) is 11.8 Å². The summed E-state index contributed by atoms with van der Waals surface area (Å²) in [5, 5.41) is 2.73. The predicted octanol–water partition coefficient (Wildman–Crippen LogP) is 6.27. The Bertz CT molecular complexity index is 1030. The fourth-order valence-corrected chi connectivity index (χ4v) is 4.75. The quantitative estimate of drug-likeness (QED) is 0.345. The molecule has 0 aliphatic carbocycles. The molecule has 2 aliphatic rings. The molecule has 0 bridgehead atoms. The van der Waals surface area contributed by atoms with Gasteiger partial charge in [0.15, 0.2) is 0 Å². The summed E-state index contributed by atoms with van der Waals surface area (Å²) in [6.07, 6.45) is 6.08. The number of likely N-dealkylation sites (tertiary alicyclic amines) is 2. The Balaban J connectivity index is 0.000000293. The third-order valence-electron chi connectivity index (χ3n) is 7.22. The summed E-state index contributed by atoms with van der Waals surface area (Å²) in [6, 6.07) is 8.25. The van der Waals surface area contributed by atoms with Crippen LogP contribution in [-0.2, 0) is 14.4 Å². The van der Waals surface area contributed by atoms with Crippen LogP contribution in [0, 0.1) is 29.6 Å². The Labute approximate surface area is 236 Å². The van der Waals surface area contributed by atoms with Gasteiger partial charge in [0.1, 0.15) is 0 Å². The number of hydrogen-bond acceptors (Lipinski definition) is 3. The molecule has 39 heavy (non-hydrogen) atoms. The molecule has 2 saturated heterocycles. The first-order valence-electron chi connectivity index (χ1n) is 14.1. The summed E-state index contributed by atoms with van der Waals surface area (Å²) in [4.78, 5) is 37.5. The monoisotopic (exact) mass is 535 g/mol. The molecule has 1 aromatic rings. The highest BCUT2D eigenvalue weighted by Crippen LogP contribution is 2.24. The highest BCUT2D eigenvalue weighted by Gasteiger charge is 2.29. The van der Waals surface area contributed by atoms with Crippen molar-refractivity contribution in [3.05, 3.63) is 55.1 Å². The van der Waals surface area contributed by atoms with Crippen LogP contribution in [0.4, 0.5) is 5.69 Å². The fourth-order valence-electron chi connectivity index (χ4n) is 4.75. The number of anilines is 1. The lowest BCUT2D eigenvalue weighted by atomic mass is 9.95. The van der Waals surface area contributed by atoms with E-state index in [2.05, 4.69) is 71.9 Å². The average molecular weight is 536 g/mol. The number of amides is 3. The molecule has 3 amide bonds.